The van der Waals surface area contributed by atoms with E-state index in [0.717, 1.165) is 18.8 Å². The van der Waals surface area contributed by atoms with Gasteiger partial charge in [-0.2, -0.15) is 0 Å². The van der Waals surface area contributed by atoms with Crippen LogP contribution in [0, 0.1) is 5.41 Å². The fourth-order valence-corrected chi connectivity index (χ4v) is 0.727. The highest BCUT2D eigenvalue weighted by Gasteiger charge is 2.32. The molecule has 3 N–H and O–H groups in total. The molecule has 8 heavy (non-hydrogen) atoms. The van der Waals surface area contributed by atoms with E-state index in [-0.39, 0.29) is 5.41 Å². The minimum absolute atomic E-state index is 0.194. The Bertz CT molecular complexity index is 114. The summed E-state index contributed by atoms with van der Waals surface area (Å²) >= 11 is 0. The van der Waals surface area contributed by atoms with Gasteiger partial charge in [-0.25, -0.2) is 0 Å². The summed E-state index contributed by atoms with van der Waals surface area (Å²) in [5.74, 6) is 0. The SMILES string of the molecule is C=C(N)C1(C)CNC1. The molecule has 0 atom stereocenters. The molecule has 0 aromatic carbocycles. The third-order valence-electron chi connectivity index (χ3n) is 1.81. The molecule has 1 fully saturated rings. The van der Waals surface area contributed by atoms with Gasteiger partial charge in [0.05, 0.1) is 0 Å². The van der Waals surface area contributed by atoms with Crippen molar-refractivity contribution in [2.75, 3.05) is 13.1 Å². The molecule has 0 spiro atoms. The van der Waals surface area contributed by atoms with Gasteiger partial charge in [-0.15, -0.1) is 0 Å². The van der Waals surface area contributed by atoms with Crippen molar-refractivity contribution < 1.29 is 0 Å². The highest BCUT2D eigenvalue weighted by atomic mass is 15.0. The molecular formula is C6H12N2. The average molecular weight is 112 g/mol. The van der Waals surface area contributed by atoms with Crippen LogP contribution in [0.3, 0.4) is 0 Å². The van der Waals surface area contributed by atoms with Gasteiger partial charge in [-0.1, -0.05) is 13.5 Å². The van der Waals surface area contributed by atoms with E-state index in [1.165, 1.54) is 0 Å². The molecule has 0 aromatic rings. The second-order valence-corrected chi connectivity index (χ2v) is 2.69. The molecule has 2 nitrogen and oxygen atoms in total. The molecule has 0 saturated carbocycles. The van der Waals surface area contributed by atoms with Crippen LogP contribution in [0.5, 0.6) is 0 Å². The number of nitrogens with one attached hydrogen (secondary N) is 1. The standard InChI is InChI=1S/C6H12N2/c1-5(7)6(2)3-8-4-6/h8H,1,3-4,7H2,2H3. The van der Waals surface area contributed by atoms with Gasteiger partial charge in [0.15, 0.2) is 0 Å². The molecule has 0 aliphatic carbocycles. The Morgan fingerprint density at radius 1 is 1.75 bits per heavy atom. The Morgan fingerprint density at radius 3 is 2.25 bits per heavy atom. The topological polar surface area (TPSA) is 38.0 Å². The lowest BCUT2D eigenvalue weighted by molar-refractivity contribution is 0.248. The summed E-state index contributed by atoms with van der Waals surface area (Å²) < 4.78 is 0. The molecule has 1 aliphatic heterocycles. The van der Waals surface area contributed by atoms with Crippen molar-refractivity contribution >= 4 is 0 Å². The maximum atomic E-state index is 5.50. The molecule has 1 saturated heterocycles. The van der Waals surface area contributed by atoms with Crippen LogP contribution in [0.2, 0.25) is 0 Å². The highest BCUT2D eigenvalue weighted by molar-refractivity contribution is 5.11. The first kappa shape index (κ1) is 5.63. The lowest BCUT2D eigenvalue weighted by atomic mass is 9.82. The van der Waals surface area contributed by atoms with Gasteiger partial charge in [0.1, 0.15) is 0 Å². The van der Waals surface area contributed by atoms with Gasteiger partial charge in [0.25, 0.3) is 0 Å². The summed E-state index contributed by atoms with van der Waals surface area (Å²) in [5, 5.41) is 3.14. The second kappa shape index (κ2) is 1.49. The fraction of sp³-hybridized carbons (Fsp3) is 0.667. The zero-order chi connectivity index (χ0) is 6.20. The van der Waals surface area contributed by atoms with E-state index >= 15 is 0 Å². The quantitative estimate of drug-likeness (QED) is 0.503. The molecule has 0 aromatic heterocycles. The number of hydrogen-bond acceptors (Lipinski definition) is 2. The molecule has 1 heterocycles. The van der Waals surface area contributed by atoms with E-state index in [9.17, 15) is 0 Å². The number of hydrogen-bond donors (Lipinski definition) is 2. The van der Waals surface area contributed by atoms with Crippen molar-refractivity contribution in [2.45, 2.75) is 6.92 Å². The third-order valence-corrected chi connectivity index (χ3v) is 1.81. The van der Waals surface area contributed by atoms with Gasteiger partial charge < -0.3 is 11.1 Å². The number of rotatable bonds is 1. The van der Waals surface area contributed by atoms with Gasteiger partial charge in [-0.05, 0) is 0 Å². The predicted octanol–water partition coefficient (Wildman–Crippen LogP) is 0.0683. The summed E-state index contributed by atoms with van der Waals surface area (Å²) in [5.41, 5.74) is 6.49. The Labute approximate surface area is 49.8 Å². The lowest BCUT2D eigenvalue weighted by Crippen LogP contribution is -2.53. The zero-order valence-electron chi connectivity index (χ0n) is 5.20. The van der Waals surface area contributed by atoms with E-state index in [4.69, 9.17) is 5.73 Å². The maximum absolute atomic E-state index is 5.50. The summed E-state index contributed by atoms with van der Waals surface area (Å²) in [4.78, 5) is 0. The van der Waals surface area contributed by atoms with Gasteiger partial charge in [0.2, 0.25) is 0 Å². The fourth-order valence-electron chi connectivity index (χ4n) is 0.727. The van der Waals surface area contributed by atoms with Crippen molar-refractivity contribution in [3.63, 3.8) is 0 Å². The molecule has 1 aliphatic rings. The van der Waals surface area contributed by atoms with E-state index in [2.05, 4.69) is 18.8 Å². The van der Waals surface area contributed by atoms with Crippen molar-refractivity contribution in [2.24, 2.45) is 11.1 Å². The number of nitrogens with two attached hydrogens (primary N) is 1. The smallest absolute Gasteiger partial charge is 0.0313 e. The Kier molecular flexibility index (Phi) is 1.05. The van der Waals surface area contributed by atoms with Gasteiger partial charge >= 0.3 is 0 Å². The minimum atomic E-state index is 0.194. The van der Waals surface area contributed by atoms with Crippen LogP contribution in [0.15, 0.2) is 12.3 Å². The lowest BCUT2D eigenvalue weighted by Gasteiger charge is -2.39. The van der Waals surface area contributed by atoms with E-state index in [1.807, 2.05) is 0 Å². The first-order valence-electron chi connectivity index (χ1n) is 2.81. The first-order valence-corrected chi connectivity index (χ1v) is 2.81. The minimum Gasteiger partial charge on any atom is -0.402 e. The zero-order valence-corrected chi connectivity index (χ0v) is 5.20. The van der Waals surface area contributed by atoms with Crippen LogP contribution >= 0.6 is 0 Å². The van der Waals surface area contributed by atoms with E-state index in [0.29, 0.717) is 0 Å². The molecule has 1 rings (SSSR count). The highest BCUT2D eigenvalue weighted by Crippen LogP contribution is 2.25. The van der Waals surface area contributed by atoms with Crippen LogP contribution in [-0.4, -0.2) is 13.1 Å². The molecule has 0 radical (unpaired) electrons. The van der Waals surface area contributed by atoms with Crippen molar-refractivity contribution in [1.29, 1.82) is 0 Å². The van der Waals surface area contributed by atoms with Crippen molar-refractivity contribution in [1.82, 2.24) is 5.32 Å². The average Bonchev–Trinajstić information content (AvgIpc) is 1.60. The third kappa shape index (κ3) is 0.611. The molecule has 0 bridgehead atoms. The maximum Gasteiger partial charge on any atom is 0.0313 e. The summed E-state index contributed by atoms with van der Waals surface area (Å²) in [6, 6.07) is 0. The van der Waals surface area contributed by atoms with Gasteiger partial charge in [0, 0.05) is 24.2 Å². The molecule has 0 unspecified atom stereocenters. The van der Waals surface area contributed by atoms with Crippen LogP contribution in [0.1, 0.15) is 6.92 Å². The monoisotopic (exact) mass is 112 g/mol. The molecule has 46 valence electrons. The van der Waals surface area contributed by atoms with E-state index < -0.39 is 0 Å². The van der Waals surface area contributed by atoms with Crippen LogP contribution in [0.4, 0.5) is 0 Å². The second-order valence-electron chi connectivity index (χ2n) is 2.69. The van der Waals surface area contributed by atoms with Crippen LogP contribution < -0.4 is 11.1 Å². The largest absolute Gasteiger partial charge is 0.402 e. The van der Waals surface area contributed by atoms with Crippen LogP contribution in [0.25, 0.3) is 0 Å². The van der Waals surface area contributed by atoms with E-state index in [1.54, 1.807) is 0 Å². The predicted molar refractivity (Wildman–Crippen MR) is 34.3 cm³/mol. The molecule has 2 heteroatoms. The normalized spacial score (nSPS) is 24.1. The summed E-state index contributed by atoms with van der Waals surface area (Å²) in [6.07, 6.45) is 0. The molecule has 0 amide bonds. The van der Waals surface area contributed by atoms with Crippen molar-refractivity contribution in [3.05, 3.63) is 12.3 Å². The Morgan fingerprint density at radius 2 is 2.25 bits per heavy atom. The summed E-state index contributed by atoms with van der Waals surface area (Å²) in [7, 11) is 0. The van der Waals surface area contributed by atoms with Gasteiger partial charge in [-0.3, -0.25) is 0 Å². The Hall–Kier alpha value is -0.500. The van der Waals surface area contributed by atoms with Crippen molar-refractivity contribution in [3.8, 4) is 0 Å². The van der Waals surface area contributed by atoms with Crippen LogP contribution in [-0.2, 0) is 0 Å². The Balaban J connectivity index is 2.53. The first-order chi connectivity index (χ1) is 3.65. The summed E-state index contributed by atoms with van der Waals surface area (Å²) in [6.45, 7) is 7.78. The molecular weight excluding hydrogens is 100 g/mol.